The van der Waals surface area contributed by atoms with E-state index in [1.54, 1.807) is 31.4 Å². The molecule has 1 aromatic carbocycles. The summed E-state index contributed by atoms with van der Waals surface area (Å²) >= 11 is 0. The summed E-state index contributed by atoms with van der Waals surface area (Å²) < 4.78 is 15.7. The lowest BCUT2D eigenvalue weighted by Crippen LogP contribution is -2.45. The third kappa shape index (κ3) is 5.22. The van der Waals surface area contributed by atoms with Gasteiger partial charge in [0.2, 0.25) is 5.91 Å². The van der Waals surface area contributed by atoms with Gasteiger partial charge in [-0.25, -0.2) is 0 Å². The van der Waals surface area contributed by atoms with Crippen LogP contribution in [-0.2, 0) is 14.3 Å². The fraction of sp³-hybridized carbons (Fsp3) is 0.444. The normalized spacial score (nSPS) is 15.1. The molecule has 0 aromatic heterocycles. The number of hydrogen-bond donors (Lipinski definition) is 1. The number of nitrogens with zero attached hydrogens (tertiary/aromatic N) is 1. The second-order valence-corrected chi connectivity index (χ2v) is 5.65. The Bertz CT molecular complexity index is 636. The van der Waals surface area contributed by atoms with Crippen LogP contribution >= 0.6 is 0 Å². The summed E-state index contributed by atoms with van der Waals surface area (Å²) in [4.78, 5) is 25.0. The number of carbonyl (C=O) groups excluding carboxylic acids is 1. The van der Waals surface area contributed by atoms with E-state index in [-0.39, 0.29) is 18.5 Å². The van der Waals surface area contributed by atoms with Gasteiger partial charge in [-0.15, -0.1) is 0 Å². The van der Waals surface area contributed by atoms with Crippen LogP contribution in [0, 0.1) is 0 Å². The van der Waals surface area contributed by atoms with Gasteiger partial charge in [-0.3, -0.25) is 9.59 Å². The highest BCUT2D eigenvalue weighted by Crippen LogP contribution is 2.28. The van der Waals surface area contributed by atoms with Gasteiger partial charge in [-0.2, -0.15) is 0 Å². The van der Waals surface area contributed by atoms with Gasteiger partial charge in [0.05, 0.1) is 14.2 Å². The Morgan fingerprint density at radius 1 is 1.24 bits per heavy atom. The molecule has 7 heteroatoms. The number of amides is 1. The minimum absolute atomic E-state index is 0.118. The van der Waals surface area contributed by atoms with Crippen LogP contribution in [0.15, 0.2) is 24.3 Å². The van der Waals surface area contributed by atoms with Crippen molar-refractivity contribution in [3.8, 4) is 11.5 Å². The van der Waals surface area contributed by atoms with Crippen LogP contribution in [0.3, 0.4) is 0 Å². The topological polar surface area (TPSA) is 85.3 Å². The lowest BCUT2D eigenvalue weighted by Gasteiger charge is -2.32. The van der Waals surface area contributed by atoms with Crippen LogP contribution in [0.4, 0.5) is 0 Å². The number of benzene rings is 1. The number of carboxylic acids is 1. The second-order valence-electron chi connectivity index (χ2n) is 5.65. The van der Waals surface area contributed by atoms with E-state index in [9.17, 15) is 9.59 Å². The summed E-state index contributed by atoms with van der Waals surface area (Å²) in [5.74, 6) is -0.201. The van der Waals surface area contributed by atoms with Crippen molar-refractivity contribution in [1.82, 2.24) is 4.90 Å². The molecule has 0 bridgehead atoms. The molecule has 1 N–H and O–H groups in total. The smallest absolute Gasteiger partial charge is 0.323 e. The first-order chi connectivity index (χ1) is 12.0. The molecule has 0 spiro atoms. The molecule has 0 radical (unpaired) electrons. The van der Waals surface area contributed by atoms with E-state index in [1.165, 1.54) is 18.1 Å². The van der Waals surface area contributed by atoms with Gasteiger partial charge in [0.15, 0.2) is 11.5 Å². The maximum absolute atomic E-state index is 12.5. The van der Waals surface area contributed by atoms with Crippen LogP contribution in [0.5, 0.6) is 11.5 Å². The highest BCUT2D eigenvalue weighted by Gasteiger charge is 2.26. The molecule has 2 rings (SSSR count). The summed E-state index contributed by atoms with van der Waals surface area (Å²) in [7, 11) is 3.09. The minimum Gasteiger partial charge on any atom is -0.493 e. The van der Waals surface area contributed by atoms with Crippen molar-refractivity contribution in [2.24, 2.45) is 0 Å². The Labute approximate surface area is 146 Å². The maximum atomic E-state index is 12.5. The zero-order valence-corrected chi connectivity index (χ0v) is 14.4. The van der Waals surface area contributed by atoms with Crippen molar-refractivity contribution in [2.45, 2.75) is 18.9 Å². The van der Waals surface area contributed by atoms with E-state index in [4.69, 9.17) is 19.3 Å². The molecule has 0 saturated carbocycles. The van der Waals surface area contributed by atoms with Gasteiger partial charge in [0, 0.05) is 25.3 Å². The third-order valence-electron chi connectivity index (χ3n) is 4.05. The van der Waals surface area contributed by atoms with E-state index in [0.29, 0.717) is 37.6 Å². The number of carboxylic acid groups (broad SMARTS) is 1. The number of methoxy groups -OCH3 is 2. The first-order valence-electron chi connectivity index (χ1n) is 8.05. The summed E-state index contributed by atoms with van der Waals surface area (Å²) in [5.41, 5.74) is 0.758. The number of ether oxygens (including phenoxy) is 3. The van der Waals surface area contributed by atoms with Crippen LogP contribution in [0.2, 0.25) is 0 Å². The predicted octanol–water partition coefficient (Wildman–Crippen LogP) is 1.81. The lowest BCUT2D eigenvalue weighted by molar-refractivity contribution is -0.145. The van der Waals surface area contributed by atoms with Crippen molar-refractivity contribution >= 4 is 18.0 Å². The molecular formula is C18H23NO6. The van der Waals surface area contributed by atoms with Gasteiger partial charge in [0.1, 0.15) is 6.54 Å². The van der Waals surface area contributed by atoms with E-state index in [0.717, 1.165) is 5.56 Å². The molecule has 1 amide bonds. The highest BCUT2D eigenvalue weighted by atomic mass is 16.5. The van der Waals surface area contributed by atoms with Crippen LogP contribution in [-0.4, -0.2) is 61.9 Å². The Morgan fingerprint density at radius 2 is 1.92 bits per heavy atom. The molecule has 1 aliphatic heterocycles. The molecule has 0 unspecified atom stereocenters. The third-order valence-corrected chi connectivity index (χ3v) is 4.05. The predicted molar refractivity (Wildman–Crippen MR) is 91.8 cm³/mol. The van der Waals surface area contributed by atoms with Crippen LogP contribution in [0.1, 0.15) is 18.4 Å². The monoisotopic (exact) mass is 349 g/mol. The van der Waals surface area contributed by atoms with E-state index < -0.39 is 5.97 Å². The van der Waals surface area contributed by atoms with Crippen molar-refractivity contribution in [1.29, 1.82) is 0 Å². The molecule has 0 atom stereocenters. The summed E-state index contributed by atoms with van der Waals surface area (Å²) in [6.45, 7) is 0.751. The minimum atomic E-state index is -1.03. The Hall–Kier alpha value is -2.54. The van der Waals surface area contributed by atoms with Gasteiger partial charge in [-0.05, 0) is 36.6 Å². The largest absolute Gasteiger partial charge is 0.493 e. The van der Waals surface area contributed by atoms with Gasteiger partial charge in [-0.1, -0.05) is 6.07 Å². The fourth-order valence-electron chi connectivity index (χ4n) is 2.75. The molecular weight excluding hydrogens is 326 g/mol. The van der Waals surface area contributed by atoms with Crippen molar-refractivity contribution in [2.75, 3.05) is 34.0 Å². The Balaban J connectivity index is 2.13. The van der Waals surface area contributed by atoms with Crippen molar-refractivity contribution < 1.29 is 28.9 Å². The molecule has 1 fully saturated rings. The molecule has 0 aliphatic carbocycles. The molecule has 1 aliphatic rings. The zero-order valence-electron chi connectivity index (χ0n) is 14.4. The van der Waals surface area contributed by atoms with Crippen LogP contribution in [0.25, 0.3) is 6.08 Å². The number of carbonyl (C=O) groups is 2. The number of aliphatic carboxylic acids is 1. The fourth-order valence-corrected chi connectivity index (χ4v) is 2.75. The molecule has 136 valence electrons. The number of rotatable bonds is 7. The molecule has 1 saturated heterocycles. The average Bonchev–Trinajstić information content (AvgIpc) is 2.64. The Kier molecular flexibility index (Phi) is 6.82. The zero-order chi connectivity index (χ0) is 18.2. The maximum Gasteiger partial charge on any atom is 0.323 e. The standard InChI is InChI=1S/C18H23NO6/c1-23-15-5-3-13(11-16(15)24-2)4-6-17(20)19(12-18(21)22)14-7-9-25-10-8-14/h3-6,11,14H,7-10,12H2,1-2H3,(H,21,22)/b6-4+. The summed E-state index contributed by atoms with van der Waals surface area (Å²) in [5, 5.41) is 9.10. The Morgan fingerprint density at radius 3 is 2.52 bits per heavy atom. The highest BCUT2D eigenvalue weighted by molar-refractivity contribution is 5.93. The second kappa shape index (κ2) is 9.08. The number of hydrogen-bond acceptors (Lipinski definition) is 5. The molecule has 7 nitrogen and oxygen atoms in total. The van der Waals surface area contributed by atoms with Gasteiger partial charge in [0.25, 0.3) is 0 Å². The SMILES string of the molecule is COc1ccc(/C=C/C(=O)N(CC(=O)O)C2CCOCC2)cc1OC. The molecule has 1 heterocycles. The summed E-state index contributed by atoms with van der Waals surface area (Å²) in [6.07, 6.45) is 4.31. The lowest BCUT2D eigenvalue weighted by atomic mass is 10.1. The first kappa shape index (κ1) is 18.8. The molecule has 25 heavy (non-hydrogen) atoms. The van der Waals surface area contributed by atoms with E-state index in [2.05, 4.69) is 0 Å². The average molecular weight is 349 g/mol. The molecule has 1 aromatic rings. The summed E-state index contributed by atoms with van der Waals surface area (Å²) in [6, 6.07) is 5.17. The quantitative estimate of drug-likeness (QED) is 0.756. The van der Waals surface area contributed by atoms with Gasteiger partial charge < -0.3 is 24.2 Å². The van der Waals surface area contributed by atoms with Crippen molar-refractivity contribution in [3.05, 3.63) is 29.8 Å². The van der Waals surface area contributed by atoms with Crippen LogP contribution < -0.4 is 9.47 Å². The van der Waals surface area contributed by atoms with Crippen molar-refractivity contribution in [3.63, 3.8) is 0 Å². The van der Waals surface area contributed by atoms with Gasteiger partial charge >= 0.3 is 5.97 Å². The van der Waals surface area contributed by atoms with E-state index >= 15 is 0 Å². The van der Waals surface area contributed by atoms with E-state index in [1.807, 2.05) is 0 Å². The first-order valence-corrected chi connectivity index (χ1v) is 8.05.